The van der Waals surface area contributed by atoms with Crippen LogP contribution in [0, 0.1) is 10.1 Å². The molecule has 1 aromatic rings. The van der Waals surface area contributed by atoms with Crippen molar-refractivity contribution in [2.45, 2.75) is 25.4 Å². The van der Waals surface area contributed by atoms with Crippen molar-refractivity contribution in [1.29, 1.82) is 0 Å². The van der Waals surface area contributed by atoms with Gasteiger partial charge in [0.25, 0.3) is 0 Å². The fraction of sp³-hybridized carbons (Fsp3) is 0.538. The molecule has 1 atom stereocenters. The summed E-state index contributed by atoms with van der Waals surface area (Å²) in [6.07, 6.45) is 2.01. The number of nitro groups is 1. The Morgan fingerprint density at radius 2 is 2.21 bits per heavy atom. The molecule has 2 rings (SSSR count). The lowest BCUT2D eigenvalue weighted by Crippen LogP contribution is -2.32. The molecule has 0 bridgehead atoms. The maximum absolute atomic E-state index is 11.2. The Morgan fingerprint density at radius 3 is 2.79 bits per heavy atom. The molecule has 0 aromatic heterocycles. The molecule has 1 aromatic carbocycles. The van der Waals surface area contributed by atoms with E-state index in [2.05, 4.69) is 10.6 Å². The number of nitro benzene ring substituents is 1. The summed E-state index contributed by atoms with van der Waals surface area (Å²) in [5.74, 6) is 0. The number of rotatable bonds is 5. The highest BCUT2D eigenvalue weighted by atomic mass is 16.6. The lowest BCUT2D eigenvalue weighted by atomic mass is 10.0. The van der Waals surface area contributed by atoms with Crippen LogP contribution in [0.4, 0.5) is 17.1 Å². The van der Waals surface area contributed by atoms with Gasteiger partial charge in [0.05, 0.1) is 10.5 Å². The molecule has 19 heavy (non-hydrogen) atoms. The third kappa shape index (κ3) is 2.96. The minimum Gasteiger partial charge on any atom is -0.382 e. The van der Waals surface area contributed by atoms with Crippen LogP contribution in [-0.4, -0.2) is 30.7 Å². The highest BCUT2D eigenvalue weighted by Gasteiger charge is 2.30. The number of nitrogens with one attached hydrogen (secondary N) is 2. The van der Waals surface area contributed by atoms with E-state index in [4.69, 9.17) is 4.74 Å². The molecule has 6 heteroatoms. The Labute approximate surface area is 112 Å². The van der Waals surface area contributed by atoms with Gasteiger partial charge in [0.2, 0.25) is 0 Å². The molecule has 1 fully saturated rings. The molecule has 0 saturated carbocycles. The van der Waals surface area contributed by atoms with Crippen LogP contribution in [0.1, 0.15) is 19.8 Å². The van der Waals surface area contributed by atoms with Crippen molar-refractivity contribution in [1.82, 2.24) is 0 Å². The van der Waals surface area contributed by atoms with Crippen molar-refractivity contribution in [3.8, 4) is 0 Å². The zero-order chi connectivity index (χ0) is 13.9. The Kier molecular flexibility index (Phi) is 3.90. The van der Waals surface area contributed by atoms with Crippen molar-refractivity contribution >= 4 is 17.1 Å². The van der Waals surface area contributed by atoms with Crippen LogP contribution in [-0.2, 0) is 4.74 Å². The summed E-state index contributed by atoms with van der Waals surface area (Å²) < 4.78 is 5.67. The molecular weight excluding hydrogens is 246 g/mol. The average molecular weight is 265 g/mol. The number of hydrogen-bond acceptors (Lipinski definition) is 5. The van der Waals surface area contributed by atoms with Crippen molar-refractivity contribution in [2.75, 3.05) is 30.8 Å². The highest BCUT2D eigenvalue weighted by Crippen LogP contribution is 2.33. The number of anilines is 2. The smallest absolute Gasteiger partial charge is 0.315 e. The Bertz CT molecular complexity index is 470. The molecule has 0 amide bonds. The van der Waals surface area contributed by atoms with E-state index in [0.29, 0.717) is 17.9 Å². The fourth-order valence-electron chi connectivity index (χ4n) is 2.34. The standard InChI is InChI=1S/C13H19N3O3/c1-13(7-4-8-19-13)9-15-11-6-3-5-10(14-2)12(11)16(17)18/h3,5-6,14-15H,4,7-9H2,1-2H3. The molecule has 0 aliphatic carbocycles. The van der Waals surface area contributed by atoms with Crippen LogP contribution in [0.5, 0.6) is 0 Å². The second kappa shape index (κ2) is 5.44. The van der Waals surface area contributed by atoms with E-state index in [-0.39, 0.29) is 16.2 Å². The summed E-state index contributed by atoms with van der Waals surface area (Å²) in [4.78, 5) is 10.8. The van der Waals surface area contributed by atoms with Crippen LogP contribution in [0.15, 0.2) is 18.2 Å². The van der Waals surface area contributed by atoms with Gasteiger partial charge in [-0.15, -0.1) is 0 Å². The summed E-state index contributed by atoms with van der Waals surface area (Å²) in [7, 11) is 1.67. The Balaban J connectivity index is 2.17. The SMILES string of the molecule is CNc1cccc(NCC2(C)CCCO2)c1[N+](=O)[O-]. The molecule has 1 unspecified atom stereocenters. The van der Waals surface area contributed by atoms with Gasteiger partial charge in [-0.25, -0.2) is 0 Å². The molecule has 6 nitrogen and oxygen atoms in total. The van der Waals surface area contributed by atoms with Gasteiger partial charge in [-0.2, -0.15) is 0 Å². The predicted octanol–water partition coefficient (Wildman–Crippen LogP) is 2.62. The number of para-hydroxylation sites is 1. The summed E-state index contributed by atoms with van der Waals surface area (Å²) in [5, 5.41) is 17.2. The quantitative estimate of drug-likeness (QED) is 0.632. The normalized spacial score (nSPS) is 22.2. The van der Waals surface area contributed by atoms with Crippen molar-refractivity contribution in [3.63, 3.8) is 0 Å². The van der Waals surface area contributed by atoms with Crippen molar-refractivity contribution < 1.29 is 9.66 Å². The maximum atomic E-state index is 11.2. The van der Waals surface area contributed by atoms with Gasteiger partial charge in [0.15, 0.2) is 0 Å². The van der Waals surface area contributed by atoms with Crippen molar-refractivity contribution in [3.05, 3.63) is 28.3 Å². The topological polar surface area (TPSA) is 76.4 Å². The first-order chi connectivity index (χ1) is 9.06. The van der Waals surface area contributed by atoms with Gasteiger partial charge in [-0.1, -0.05) is 6.07 Å². The van der Waals surface area contributed by atoms with Gasteiger partial charge >= 0.3 is 5.69 Å². The third-order valence-electron chi connectivity index (χ3n) is 3.44. The molecule has 1 aliphatic rings. The first-order valence-corrected chi connectivity index (χ1v) is 6.39. The third-order valence-corrected chi connectivity index (χ3v) is 3.44. The van der Waals surface area contributed by atoms with Crippen LogP contribution in [0.25, 0.3) is 0 Å². The van der Waals surface area contributed by atoms with E-state index in [1.807, 2.05) is 6.92 Å². The van der Waals surface area contributed by atoms with E-state index in [0.717, 1.165) is 19.4 Å². The van der Waals surface area contributed by atoms with Gasteiger partial charge in [0.1, 0.15) is 11.4 Å². The Hall–Kier alpha value is -1.82. The van der Waals surface area contributed by atoms with Crippen LogP contribution < -0.4 is 10.6 Å². The van der Waals surface area contributed by atoms with Crippen molar-refractivity contribution in [2.24, 2.45) is 0 Å². The monoisotopic (exact) mass is 265 g/mol. The van der Waals surface area contributed by atoms with E-state index >= 15 is 0 Å². The summed E-state index contributed by atoms with van der Waals surface area (Å²) in [6.45, 7) is 3.36. The highest BCUT2D eigenvalue weighted by molar-refractivity contribution is 5.76. The van der Waals surface area contributed by atoms with E-state index in [1.54, 1.807) is 25.2 Å². The molecule has 1 saturated heterocycles. The summed E-state index contributed by atoms with van der Waals surface area (Å²) in [5.41, 5.74) is 0.872. The van der Waals surface area contributed by atoms with Crippen LogP contribution in [0.3, 0.4) is 0 Å². The lowest BCUT2D eigenvalue weighted by Gasteiger charge is -2.24. The summed E-state index contributed by atoms with van der Waals surface area (Å²) in [6, 6.07) is 5.20. The van der Waals surface area contributed by atoms with E-state index in [9.17, 15) is 10.1 Å². The minimum atomic E-state index is -0.369. The number of benzene rings is 1. The van der Waals surface area contributed by atoms with E-state index < -0.39 is 0 Å². The molecule has 104 valence electrons. The van der Waals surface area contributed by atoms with Gasteiger partial charge in [-0.3, -0.25) is 10.1 Å². The van der Waals surface area contributed by atoms with Gasteiger partial charge in [0, 0.05) is 20.2 Å². The summed E-state index contributed by atoms with van der Waals surface area (Å²) >= 11 is 0. The predicted molar refractivity (Wildman–Crippen MR) is 74.7 cm³/mol. The molecule has 1 heterocycles. The van der Waals surface area contributed by atoms with Crippen LogP contribution >= 0.6 is 0 Å². The Morgan fingerprint density at radius 1 is 1.47 bits per heavy atom. The number of ether oxygens (including phenoxy) is 1. The molecule has 0 radical (unpaired) electrons. The first kappa shape index (κ1) is 13.6. The fourth-order valence-corrected chi connectivity index (χ4v) is 2.34. The number of hydrogen-bond donors (Lipinski definition) is 2. The molecule has 0 spiro atoms. The second-order valence-corrected chi connectivity index (χ2v) is 4.96. The molecular formula is C13H19N3O3. The van der Waals surface area contributed by atoms with E-state index in [1.165, 1.54) is 0 Å². The lowest BCUT2D eigenvalue weighted by molar-refractivity contribution is -0.383. The van der Waals surface area contributed by atoms with Crippen LogP contribution in [0.2, 0.25) is 0 Å². The molecule has 2 N–H and O–H groups in total. The number of nitrogens with zero attached hydrogens (tertiary/aromatic N) is 1. The van der Waals surface area contributed by atoms with Gasteiger partial charge < -0.3 is 15.4 Å². The zero-order valence-electron chi connectivity index (χ0n) is 11.2. The van der Waals surface area contributed by atoms with Gasteiger partial charge in [-0.05, 0) is 31.9 Å². The molecule has 1 aliphatic heterocycles. The first-order valence-electron chi connectivity index (χ1n) is 6.39. The second-order valence-electron chi connectivity index (χ2n) is 4.96. The zero-order valence-corrected chi connectivity index (χ0v) is 11.2. The average Bonchev–Trinajstić information content (AvgIpc) is 2.83. The largest absolute Gasteiger partial charge is 0.382 e. The minimum absolute atomic E-state index is 0.0756. The maximum Gasteiger partial charge on any atom is 0.315 e.